The summed E-state index contributed by atoms with van der Waals surface area (Å²) in [6.07, 6.45) is 0.942. The van der Waals surface area contributed by atoms with Gasteiger partial charge in [0.25, 0.3) is 0 Å². The fraction of sp³-hybridized carbons (Fsp3) is 0.615. The third kappa shape index (κ3) is 3.97. The van der Waals surface area contributed by atoms with Gasteiger partial charge in [-0.2, -0.15) is 4.98 Å². The summed E-state index contributed by atoms with van der Waals surface area (Å²) >= 11 is 0. The summed E-state index contributed by atoms with van der Waals surface area (Å²) in [5.74, 6) is 1.30. The number of nitrogen functional groups attached to an aromatic ring is 1. The van der Waals surface area contributed by atoms with Crippen LogP contribution in [0.2, 0.25) is 0 Å². The SMILES string of the molecule is CCCOc1nc(NN2CCN(C)CC2)ccc1N. The predicted octanol–water partition coefficient (Wildman–Crippen LogP) is 1.03. The molecule has 0 bridgehead atoms. The Labute approximate surface area is 114 Å². The number of piperazine rings is 1. The Hall–Kier alpha value is -1.53. The molecule has 1 fully saturated rings. The van der Waals surface area contributed by atoms with E-state index < -0.39 is 0 Å². The van der Waals surface area contributed by atoms with E-state index >= 15 is 0 Å². The van der Waals surface area contributed by atoms with Crippen LogP contribution in [0.3, 0.4) is 0 Å². The average molecular weight is 265 g/mol. The Morgan fingerprint density at radius 2 is 2.05 bits per heavy atom. The van der Waals surface area contributed by atoms with Gasteiger partial charge >= 0.3 is 0 Å². The minimum absolute atomic E-state index is 0.515. The number of anilines is 2. The van der Waals surface area contributed by atoms with Crippen LogP contribution in [0.15, 0.2) is 12.1 Å². The monoisotopic (exact) mass is 265 g/mol. The van der Waals surface area contributed by atoms with Gasteiger partial charge in [-0.25, -0.2) is 5.01 Å². The van der Waals surface area contributed by atoms with E-state index in [1.165, 1.54) is 0 Å². The maximum Gasteiger partial charge on any atom is 0.239 e. The zero-order valence-electron chi connectivity index (χ0n) is 11.7. The molecular weight excluding hydrogens is 242 g/mol. The number of hydrogen-bond donors (Lipinski definition) is 2. The molecule has 0 amide bonds. The lowest BCUT2D eigenvalue weighted by atomic mass is 10.4. The van der Waals surface area contributed by atoms with E-state index in [0.29, 0.717) is 18.2 Å². The standard InChI is InChI=1S/C13H23N5O/c1-3-10-19-13-11(14)4-5-12(15-13)16-18-8-6-17(2)7-9-18/h4-5H,3,6-10,14H2,1-2H3,(H,15,16). The second-order valence-corrected chi connectivity index (χ2v) is 4.84. The van der Waals surface area contributed by atoms with Crippen LogP contribution in [0.1, 0.15) is 13.3 Å². The van der Waals surface area contributed by atoms with Gasteiger partial charge in [0, 0.05) is 26.2 Å². The number of aromatic nitrogens is 1. The Bertz CT molecular complexity index is 404. The molecule has 106 valence electrons. The summed E-state index contributed by atoms with van der Waals surface area (Å²) in [7, 11) is 2.13. The molecule has 0 aliphatic carbocycles. The first-order chi connectivity index (χ1) is 9.19. The highest BCUT2D eigenvalue weighted by Gasteiger charge is 2.14. The van der Waals surface area contributed by atoms with E-state index in [4.69, 9.17) is 10.5 Å². The van der Waals surface area contributed by atoms with Crippen molar-refractivity contribution < 1.29 is 4.74 Å². The molecule has 1 aromatic rings. The molecule has 1 aliphatic heterocycles. The van der Waals surface area contributed by atoms with Crippen LogP contribution in [-0.2, 0) is 0 Å². The van der Waals surface area contributed by atoms with Crippen molar-refractivity contribution in [1.82, 2.24) is 14.9 Å². The fourth-order valence-corrected chi connectivity index (χ4v) is 1.91. The topological polar surface area (TPSA) is 66.7 Å². The summed E-state index contributed by atoms with van der Waals surface area (Å²) in [4.78, 5) is 6.72. The largest absolute Gasteiger partial charge is 0.476 e. The fourth-order valence-electron chi connectivity index (χ4n) is 1.91. The molecule has 6 nitrogen and oxygen atoms in total. The summed E-state index contributed by atoms with van der Waals surface area (Å²) in [6.45, 7) is 6.77. The zero-order chi connectivity index (χ0) is 13.7. The van der Waals surface area contributed by atoms with E-state index in [-0.39, 0.29) is 0 Å². The Morgan fingerprint density at radius 1 is 1.32 bits per heavy atom. The molecule has 2 rings (SSSR count). The molecule has 1 aliphatic rings. The van der Waals surface area contributed by atoms with Gasteiger partial charge in [0.15, 0.2) is 0 Å². The maximum atomic E-state index is 5.85. The highest BCUT2D eigenvalue weighted by Crippen LogP contribution is 2.21. The van der Waals surface area contributed by atoms with Crippen LogP contribution in [0.5, 0.6) is 5.88 Å². The van der Waals surface area contributed by atoms with Crippen molar-refractivity contribution in [2.45, 2.75) is 13.3 Å². The number of hydrogen-bond acceptors (Lipinski definition) is 6. The molecule has 0 saturated carbocycles. The lowest BCUT2D eigenvalue weighted by Crippen LogP contribution is -2.47. The van der Waals surface area contributed by atoms with Crippen LogP contribution in [-0.4, -0.2) is 54.7 Å². The maximum absolute atomic E-state index is 5.85. The molecule has 0 unspecified atom stereocenters. The van der Waals surface area contributed by atoms with Crippen LogP contribution in [0.4, 0.5) is 11.5 Å². The predicted molar refractivity (Wildman–Crippen MR) is 77.1 cm³/mol. The average Bonchev–Trinajstić information content (AvgIpc) is 2.42. The Kier molecular flexibility index (Phi) is 4.81. The molecule has 0 atom stereocenters. The number of pyridine rings is 1. The lowest BCUT2D eigenvalue weighted by Gasteiger charge is -2.32. The zero-order valence-corrected chi connectivity index (χ0v) is 11.7. The summed E-state index contributed by atoms with van der Waals surface area (Å²) < 4.78 is 5.53. The Morgan fingerprint density at radius 3 is 2.74 bits per heavy atom. The normalized spacial score (nSPS) is 17.4. The van der Waals surface area contributed by atoms with Gasteiger partial charge in [-0.05, 0) is 25.6 Å². The highest BCUT2D eigenvalue weighted by atomic mass is 16.5. The molecule has 3 N–H and O–H groups in total. The van der Waals surface area contributed by atoms with Gasteiger partial charge in [0.1, 0.15) is 5.82 Å². The molecule has 0 radical (unpaired) electrons. The lowest BCUT2D eigenvalue weighted by molar-refractivity contribution is 0.178. The first kappa shape index (κ1) is 13.9. The summed E-state index contributed by atoms with van der Waals surface area (Å²) in [6, 6.07) is 3.71. The number of likely N-dealkylation sites (N-methyl/N-ethyl adjacent to an activating group) is 1. The molecule has 0 spiro atoms. The van der Waals surface area contributed by atoms with Gasteiger partial charge < -0.3 is 20.8 Å². The minimum atomic E-state index is 0.515. The molecule has 6 heteroatoms. The number of hydrazine groups is 1. The van der Waals surface area contributed by atoms with E-state index in [9.17, 15) is 0 Å². The van der Waals surface area contributed by atoms with Gasteiger partial charge in [0.2, 0.25) is 5.88 Å². The van der Waals surface area contributed by atoms with Crippen LogP contribution in [0.25, 0.3) is 0 Å². The highest BCUT2D eigenvalue weighted by molar-refractivity contribution is 5.53. The molecule has 0 aromatic carbocycles. The molecule has 19 heavy (non-hydrogen) atoms. The van der Waals surface area contributed by atoms with Crippen molar-refractivity contribution in [1.29, 1.82) is 0 Å². The minimum Gasteiger partial charge on any atom is -0.476 e. The second kappa shape index (κ2) is 6.58. The first-order valence-electron chi connectivity index (χ1n) is 6.78. The third-order valence-corrected chi connectivity index (χ3v) is 3.11. The smallest absolute Gasteiger partial charge is 0.239 e. The molecule has 2 heterocycles. The van der Waals surface area contributed by atoms with Gasteiger partial charge in [0.05, 0.1) is 12.3 Å². The van der Waals surface area contributed by atoms with Crippen molar-refractivity contribution >= 4 is 11.5 Å². The van der Waals surface area contributed by atoms with Gasteiger partial charge in [-0.15, -0.1) is 0 Å². The number of ether oxygens (including phenoxy) is 1. The number of nitrogens with zero attached hydrogens (tertiary/aromatic N) is 3. The van der Waals surface area contributed by atoms with Crippen molar-refractivity contribution in [2.75, 3.05) is 51.0 Å². The van der Waals surface area contributed by atoms with Crippen molar-refractivity contribution in [3.05, 3.63) is 12.1 Å². The number of nitrogens with two attached hydrogens (primary N) is 1. The summed E-state index contributed by atoms with van der Waals surface area (Å²) in [5.41, 5.74) is 9.73. The van der Waals surface area contributed by atoms with E-state index in [1.807, 2.05) is 12.1 Å². The molecular formula is C13H23N5O. The van der Waals surface area contributed by atoms with Gasteiger partial charge in [-0.1, -0.05) is 6.92 Å². The Balaban J connectivity index is 1.96. The van der Waals surface area contributed by atoms with Crippen LogP contribution < -0.4 is 15.9 Å². The second-order valence-electron chi connectivity index (χ2n) is 4.84. The van der Waals surface area contributed by atoms with Crippen LogP contribution >= 0.6 is 0 Å². The molecule has 1 saturated heterocycles. The van der Waals surface area contributed by atoms with Gasteiger partial charge in [-0.3, -0.25) is 0 Å². The van der Waals surface area contributed by atoms with Crippen LogP contribution in [0, 0.1) is 0 Å². The first-order valence-corrected chi connectivity index (χ1v) is 6.78. The number of nitrogens with one attached hydrogen (secondary N) is 1. The quantitative estimate of drug-likeness (QED) is 0.829. The summed E-state index contributed by atoms with van der Waals surface area (Å²) in [5, 5.41) is 2.17. The van der Waals surface area contributed by atoms with Crippen molar-refractivity contribution in [2.24, 2.45) is 0 Å². The van der Waals surface area contributed by atoms with E-state index in [1.54, 1.807) is 0 Å². The van der Waals surface area contributed by atoms with Crippen molar-refractivity contribution in [3.8, 4) is 5.88 Å². The molecule has 1 aromatic heterocycles. The van der Waals surface area contributed by atoms with E-state index in [0.717, 1.165) is 38.4 Å². The van der Waals surface area contributed by atoms with Crippen molar-refractivity contribution in [3.63, 3.8) is 0 Å². The third-order valence-electron chi connectivity index (χ3n) is 3.11. The number of rotatable bonds is 5. The van der Waals surface area contributed by atoms with E-state index in [2.05, 4.69) is 34.3 Å².